The Morgan fingerprint density at radius 3 is 1.57 bits per heavy atom. The van der Waals surface area contributed by atoms with Gasteiger partial charge in [-0.2, -0.15) is 0 Å². The van der Waals surface area contributed by atoms with Crippen molar-refractivity contribution in [2.45, 2.75) is 51.6 Å². The molecule has 2 heterocycles. The van der Waals surface area contributed by atoms with E-state index in [0.717, 1.165) is 12.1 Å². The first kappa shape index (κ1) is 10.4. The Kier molecular flexibility index (Phi) is 3.45. The van der Waals surface area contributed by atoms with Crippen molar-refractivity contribution in [3.05, 3.63) is 0 Å². The molecule has 2 fully saturated rings. The first-order valence-corrected chi connectivity index (χ1v) is 6.33. The zero-order valence-corrected chi connectivity index (χ0v) is 9.71. The summed E-state index contributed by atoms with van der Waals surface area (Å²) in [6.07, 6.45) is 5.51. The van der Waals surface area contributed by atoms with Crippen LogP contribution in [0.3, 0.4) is 0 Å². The van der Waals surface area contributed by atoms with Crippen LogP contribution >= 0.6 is 0 Å². The van der Waals surface area contributed by atoms with Crippen molar-refractivity contribution in [2.24, 2.45) is 0 Å². The molecule has 0 bridgehead atoms. The lowest BCUT2D eigenvalue weighted by Gasteiger charge is -2.04. The summed E-state index contributed by atoms with van der Waals surface area (Å²) in [5.41, 5.74) is 0. The summed E-state index contributed by atoms with van der Waals surface area (Å²) in [5.74, 6) is 0. The van der Waals surface area contributed by atoms with Crippen molar-refractivity contribution in [1.82, 2.24) is 9.80 Å². The smallest absolute Gasteiger partial charge is 0.0221 e. The highest BCUT2D eigenvalue weighted by atomic mass is 15.3. The van der Waals surface area contributed by atoms with E-state index in [1.807, 2.05) is 0 Å². The lowest BCUT2D eigenvalue weighted by molar-refractivity contribution is 0.430. The first-order valence-electron chi connectivity index (χ1n) is 6.33. The average molecular weight is 196 g/mol. The molecule has 0 N–H and O–H groups in total. The van der Waals surface area contributed by atoms with E-state index in [-0.39, 0.29) is 0 Å². The highest BCUT2D eigenvalue weighted by Gasteiger charge is 2.32. The third-order valence-corrected chi connectivity index (χ3v) is 3.74. The van der Waals surface area contributed by atoms with Crippen molar-refractivity contribution in [3.63, 3.8) is 0 Å². The topological polar surface area (TPSA) is 6.02 Å². The second kappa shape index (κ2) is 4.63. The van der Waals surface area contributed by atoms with Gasteiger partial charge in [0.2, 0.25) is 0 Å². The molecule has 2 aliphatic rings. The van der Waals surface area contributed by atoms with E-state index >= 15 is 0 Å². The summed E-state index contributed by atoms with van der Waals surface area (Å²) in [7, 11) is 0. The van der Waals surface area contributed by atoms with Crippen molar-refractivity contribution < 1.29 is 0 Å². The Morgan fingerprint density at radius 2 is 1.29 bits per heavy atom. The molecule has 2 saturated heterocycles. The summed E-state index contributed by atoms with van der Waals surface area (Å²) < 4.78 is 0. The standard InChI is InChI=1S/C12H24N2/c1-3-11-9-13(11)7-5-6-8-14-10-12(14)4-2/h11-12H,3-10H2,1-2H3/t11-,12-,13?,14?/m0/s1. The van der Waals surface area contributed by atoms with Gasteiger partial charge in [-0.3, -0.25) is 9.80 Å². The minimum Gasteiger partial charge on any atom is -0.298 e. The number of rotatable bonds is 7. The zero-order chi connectivity index (χ0) is 9.97. The van der Waals surface area contributed by atoms with Crippen LogP contribution in [0, 0.1) is 0 Å². The molecule has 14 heavy (non-hydrogen) atoms. The van der Waals surface area contributed by atoms with E-state index in [4.69, 9.17) is 0 Å². The van der Waals surface area contributed by atoms with Crippen LogP contribution in [0.15, 0.2) is 0 Å². The molecule has 0 aliphatic carbocycles. The lowest BCUT2D eigenvalue weighted by atomic mass is 10.3. The van der Waals surface area contributed by atoms with Crippen LogP contribution in [0.25, 0.3) is 0 Å². The molecule has 0 aromatic rings. The molecule has 0 aromatic carbocycles. The predicted octanol–water partition coefficient (Wildman–Crippen LogP) is 1.96. The average Bonchev–Trinajstić information content (AvgIpc) is 3.08. The fraction of sp³-hybridized carbons (Fsp3) is 1.00. The van der Waals surface area contributed by atoms with Gasteiger partial charge in [-0.1, -0.05) is 13.8 Å². The molecule has 0 radical (unpaired) electrons. The summed E-state index contributed by atoms with van der Waals surface area (Å²) in [6.45, 7) is 10.0. The largest absolute Gasteiger partial charge is 0.298 e. The maximum Gasteiger partial charge on any atom is 0.0221 e. The third-order valence-electron chi connectivity index (χ3n) is 3.74. The molecule has 2 rings (SSSR count). The third kappa shape index (κ3) is 2.71. The first-order chi connectivity index (χ1) is 6.85. The van der Waals surface area contributed by atoms with E-state index in [0.29, 0.717) is 0 Å². The van der Waals surface area contributed by atoms with Gasteiger partial charge in [0, 0.05) is 25.2 Å². The van der Waals surface area contributed by atoms with Crippen LogP contribution in [0.2, 0.25) is 0 Å². The fourth-order valence-electron chi connectivity index (χ4n) is 2.40. The molecule has 2 aliphatic heterocycles. The van der Waals surface area contributed by atoms with E-state index in [2.05, 4.69) is 23.6 Å². The molecule has 0 saturated carbocycles. The summed E-state index contributed by atoms with van der Waals surface area (Å²) in [6, 6.07) is 1.89. The van der Waals surface area contributed by atoms with E-state index in [1.54, 1.807) is 0 Å². The van der Waals surface area contributed by atoms with Gasteiger partial charge in [0.05, 0.1) is 0 Å². The molecule has 4 atom stereocenters. The second-order valence-electron chi connectivity index (χ2n) is 4.82. The molecular weight excluding hydrogens is 172 g/mol. The van der Waals surface area contributed by atoms with Crippen molar-refractivity contribution in [3.8, 4) is 0 Å². The molecular formula is C12H24N2. The van der Waals surface area contributed by atoms with Crippen LogP contribution in [0.1, 0.15) is 39.5 Å². The van der Waals surface area contributed by atoms with Crippen LogP contribution in [0.4, 0.5) is 0 Å². The summed E-state index contributed by atoms with van der Waals surface area (Å²) in [5, 5.41) is 0. The Balaban J connectivity index is 1.41. The number of hydrogen-bond donors (Lipinski definition) is 0. The monoisotopic (exact) mass is 196 g/mol. The predicted molar refractivity (Wildman–Crippen MR) is 60.5 cm³/mol. The Morgan fingerprint density at radius 1 is 0.857 bits per heavy atom. The van der Waals surface area contributed by atoms with Crippen LogP contribution in [-0.4, -0.2) is 48.1 Å². The van der Waals surface area contributed by atoms with E-state index in [1.165, 1.54) is 51.9 Å². The van der Waals surface area contributed by atoms with Gasteiger partial charge >= 0.3 is 0 Å². The van der Waals surface area contributed by atoms with Crippen molar-refractivity contribution >= 4 is 0 Å². The maximum absolute atomic E-state index is 2.61. The van der Waals surface area contributed by atoms with Crippen molar-refractivity contribution in [1.29, 1.82) is 0 Å². The normalized spacial score (nSPS) is 39.9. The van der Waals surface area contributed by atoms with Crippen LogP contribution in [-0.2, 0) is 0 Å². The van der Waals surface area contributed by atoms with Crippen LogP contribution in [0.5, 0.6) is 0 Å². The number of hydrogen-bond acceptors (Lipinski definition) is 2. The highest BCUT2D eigenvalue weighted by molar-refractivity contribution is 4.89. The molecule has 82 valence electrons. The lowest BCUT2D eigenvalue weighted by Crippen LogP contribution is -2.08. The van der Waals surface area contributed by atoms with Gasteiger partial charge in [0.15, 0.2) is 0 Å². The molecule has 0 aromatic heterocycles. The van der Waals surface area contributed by atoms with Crippen LogP contribution < -0.4 is 0 Å². The second-order valence-corrected chi connectivity index (χ2v) is 4.82. The summed E-state index contributed by atoms with van der Waals surface area (Å²) >= 11 is 0. The zero-order valence-electron chi connectivity index (χ0n) is 9.71. The SMILES string of the molecule is CC[C@H]1CN1CCCCN1C[C@@H]1CC. The molecule has 0 spiro atoms. The molecule has 2 nitrogen and oxygen atoms in total. The van der Waals surface area contributed by atoms with E-state index < -0.39 is 0 Å². The van der Waals surface area contributed by atoms with Gasteiger partial charge in [-0.05, 0) is 38.8 Å². The number of unbranched alkanes of at least 4 members (excludes halogenated alkanes) is 1. The quantitative estimate of drug-likeness (QED) is 0.453. The van der Waals surface area contributed by atoms with Gasteiger partial charge in [0.1, 0.15) is 0 Å². The molecule has 0 amide bonds. The fourth-order valence-corrected chi connectivity index (χ4v) is 2.40. The maximum atomic E-state index is 2.61. The highest BCUT2D eigenvalue weighted by Crippen LogP contribution is 2.23. The minimum absolute atomic E-state index is 0.944. The number of nitrogens with zero attached hydrogens (tertiary/aromatic N) is 2. The molecule has 2 unspecified atom stereocenters. The van der Waals surface area contributed by atoms with Gasteiger partial charge in [-0.15, -0.1) is 0 Å². The summed E-state index contributed by atoms with van der Waals surface area (Å²) in [4.78, 5) is 5.22. The minimum atomic E-state index is 0.944. The Labute approximate surface area is 88.3 Å². The van der Waals surface area contributed by atoms with Gasteiger partial charge in [0.25, 0.3) is 0 Å². The van der Waals surface area contributed by atoms with E-state index in [9.17, 15) is 0 Å². The van der Waals surface area contributed by atoms with Crippen molar-refractivity contribution in [2.75, 3.05) is 26.2 Å². The van der Waals surface area contributed by atoms with Gasteiger partial charge in [-0.25, -0.2) is 0 Å². The molecule has 2 heteroatoms. The Hall–Kier alpha value is -0.0800. The Bertz CT molecular complexity index is 161. The van der Waals surface area contributed by atoms with Gasteiger partial charge < -0.3 is 0 Å².